The lowest BCUT2D eigenvalue weighted by Crippen LogP contribution is -2.42. The Hall–Kier alpha value is -2.59. The zero-order valence-electron chi connectivity index (χ0n) is 25.1. The smallest absolute Gasteiger partial charge is 0.465 e. The number of likely N-dealkylation sites (tertiary alicyclic amines) is 1. The Morgan fingerprint density at radius 2 is 1.75 bits per heavy atom. The number of piperidine rings is 1. The maximum Gasteiger partial charge on any atom is 0.497 e. The number of halogens is 1. The number of esters is 1. The summed E-state index contributed by atoms with van der Waals surface area (Å²) < 4.78 is 42.2. The predicted octanol–water partition coefficient (Wildman–Crippen LogP) is 5.39. The minimum Gasteiger partial charge on any atom is -0.465 e. The molecule has 3 aliphatic rings. The molecule has 2 aromatic rings. The van der Waals surface area contributed by atoms with Gasteiger partial charge in [-0.3, -0.25) is 0 Å². The van der Waals surface area contributed by atoms with Crippen LogP contribution in [0.25, 0.3) is 10.9 Å². The summed E-state index contributed by atoms with van der Waals surface area (Å²) in [4.78, 5) is 27.3. The van der Waals surface area contributed by atoms with Crippen LogP contribution in [0.15, 0.2) is 12.1 Å². The first kappa shape index (κ1) is 28.9. The molecule has 1 amide bonds. The van der Waals surface area contributed by atoms with Crippen molar-refractivity contribution in [2.45, 2.75) is 103 Å². The highest BCUT2D eigenvalue weighted by atomic mass is 19.1. The summed E-state index contributed by atoms with van der Waals surface area (Å²) >= 11 is 0. The van der Waals surface area contributed by atoms with E-state index in [4.69, 9.17) is 18.8 Å². The number of nitrogens with zero attached hydrogens (tertiary/aromatic N) is 2. The van der Waals surface area contributed by atoms with Gasteiger partial charge in [0.2, 0.25) is 0 Å². The third kappa shape index (κ3) is 5.37. The number of rotatable bonds is 5. The molecular formula is C30H42BFN2O6. The number of methoxy groups -OCH3 is 1. The van der Waals surface area contributed by atoms with E-state index in [1.165, 1.54) is 7.11 Å². The third-order valence-electron chi connectivity index (χ3n) is 8.69. The highest BCUT2D eigenvalue weighted by Crippen LogP contribution is 2.41. The van der Waals surface area contributed by atoms with Gasteiger partial charge in [-0.2, -0.15) is 0 Å². The molecule has 0 spiro atoms. The van der Waals surface area contributed by atoms with Gasteiger partial charge >= 0.3 is 19.2 Å². The Morgan fingerprint density at radius 3 is 2.33 bits per heavy atom. The van der Waals surface area contributed by atoms with Crippen LogP contribution in [0.2, 0.25) is 0 Å². The Bertz CT molecular complexity index is 1310. The number of fused-ring (bicyclic) bond motifs is 1. The molecule has 3 heterocycles. The second-order valence-corrected chi connectivity index (χ2v) is 13.6. The zero-order valence-corrected chi connectivity index (χ0v) is 25.1. The molecule has 40 heavy (non-hydrogen) atoms. The molecule has 1 unspecified atom stereocenters. The van der Waals surface area contributed by atoms with Crippen LogP contribution < -0.4 is 5.46 Å². The first-order chi connectivity index (χ1) is 18.6. The highest BCUT2D eigenvalue weighted by Gasteiger charge is 2.53. The van der Waals surface area contributed by atoms with Crippen LogP contribution >= 0.6 is 0 Å². The predicted molar refractivity (Wildman–Crippen MR) is 151 cm³/mol. The average Bonchev–Trinajstić information content (AvgIpc) is 3.60. The zero-order chi connectivity index (χ0) is 29.2. The molecule has 1 saturated carbocycles. The van der Waals surface area contributed by atoms with E-state index in [0.717, 1.165) is 25.7 Å². The van der Waals surface area contributed by atoms with E-state index >= 15 is 4.39 Å². The van der Waals surface area contributed by atoms with E-state index in [2.05, 4.69) is 4.57 Å². The molecule has 8 nitrogen and oxygen atoms in total. The molecule has 2 saturated heterocycles. The van der Waals surface area contributed by atoms with Gasteiger partial charge in [0.25, 0.3) is 0 Å². The van der Waals surface area contributed by atoms with Crippen LogP contribution in [0.4, 0.5) is 9.18 Å². The monoisotopic (exact) mass is 556 g/mol. The van der Waals surface area contributed by atoms with Crippen LogP contribution in [0.3, 0.4) is 0 Å². The summed E-state index contributed by atoms with van der Waals surface area (Å²) in [5.74, 6) is -0.689. The molecule has 1 aromatic carbocycles. The summed E-state index contributed by atoms with van der Waals surface area (Å²) in [6, 6.07) is 3.30. The number of carbonyl (C=O) groups excluding carboxylic acids is 2. The van der Waals surface area contributed by atoms with E-state index in [1.54, 1.807) is 17.0 Å². The third-order valence-corrected chi connectivity index (χ3v) is 8.69. The van der Waals surface area contributed by atoms with Crippen LogP contribution in [-0.4, -0.2) is 65.7 Å². The van der Waals surface area contributed by atoms with Gasteiger partial charge in [-0.1, -0.05) is 0 Å². The van der Waals surface area contributed by atoms with Crippen molar-refractivity contribution in [3.63, 3.8) is 0 Å². The second kappa shape index (κ2) is 10.0. The fourth-order valence-corrected chi connectivity index (χ4v) is 5.73. The van der Waals surface area contributed by atoms with Gasteiger partial charge in [0.05, 0.1) is 35.1 Å². The van der Waals surface area contributed by atoms with E-state index in [0.29, 0.717) is 47.6 Å². The highest BCUT2D eigenvalue weighted by molar-refractivity contribution is 6.65. The maximum absolute atomic E-state index is 16.7. The SMILES string of the molecule is COC(=O)c1cc(B2OC(C)(C)C(C)(C)O2)c2c(c1)c(F)c(C1CCCN(C(=O)OC(C)(C)C)C1)n2CC1CC1. The van der Waals surface area contributed by atoms with Crippen LogP contribution in [0, 0.1) is 11.7 Å². The second-order valence-electron chi connectivity index (χ2n) is 13.6. The Labute approximate surface area is 236 Å². The normalized spacial score (nSPS) is 22.6. The van der Waals surface area contributed by atoms with Gasteiger partial charge in [0.15, 0.2) is 5.82 Å². The molecular weight excluding hydrogens is 514 g/mol. The van der Waals surface area contributed by atoms with Gasteiger partial charge < -0.3 is 28.2 Å². The lowest BCUT2D eigenvalue weighted by atomic mass is 9.77. The molecule has 218 valence electrons. The maximum atomic E-state index is 16.7. The van der Waals surface area contributed by atoms with Crippen molar-refractivity contribution in [2.75, 3.05) is 20.2 Å². The molecule has 0 bridgehead atoms. The molecule has 2 aliphatic heterocycles. The number of hydrogen-bond acceptors (Lipinski definition) is 6. The summed E-state index contributed by atoms with van der Waals surface area (Å²) in [6.07, 6.45) is 3.27. The number of hydrogen-bond donors (Lipinski definition) is 0. The van der Waals surface area contributed by atoms with Crippen molar-refractivity contribution in [3.8, 4) is 0 Å². The van der Waals surface area contributed by atoms with Gasteiger partial charge in [-0.15, -0.1) is 0 Å². The summed E-state index contributed by atoms with van der Waals surface area (Å²) in [6.45, 7) is 15.0. The fourth-order valence-electron chi connectivity index (χ4n) is 5.73. The van der Waals surface area contributed by atoms with Gasteiger partial charge in [-0.25, -0.2) is 14.0 Å². The summed E-state index contributed by atoms with van der Waals surface area (Å²) in [7, 11) is 0.524. The van der Waals surface area contributed by atoms with Crippen molar-refractivity contribution < 1.29 is 32.8 Å². The van der Waals surface area contributed by atoms with Crippen LogP contribution in [0.1, 0.15) is 96.1 Å². The fraction of sp³-hybridized carbons (Fsp3) is 0.667. The summed E-state index contributed by atoms with van der Waals surface area (Å²) in [5.41, 5.74) is 0.262. The first-order valence-electron chi connectivity index (χ1n) is 14.4. The van der Waals surface area contributed by atoms with Crippen molar-refractivity contribution >= 4 is 35.5 Å². The lowest BCUT2D eigenvalue weighted by molar-refractivity contribution is 0.00578. The number of aromatic nitrogens is 1. The number of carbonyl (C=O) groups is 2. The minimum atomic E-state index is -0.790. The lowest BCUT2D eigenvalue weighted by Gasteiger charge is -2.34. The Kier molecular flexibility index (Phi) is 7.27. The van der Waals surface area contributed by atoms with Crippen LogP contribution in [0.5, 0.6) is 0 Å². The topological polar surface area (TPSA) is 79.2 Å². The van der Waals surface area contributed by atoms with Crippen molar-refractivity contribution in [1.29, 1.82) is 0 Å². The summed E-state index contributed by atoms with van der Waals surface area (Å²) in [5, 5.41) is 0.345. The molecule has 0 radical (unpaired) electrons. The molecule has 1 aliphatic carbocycles. The Balaban J connectivity index is 1.65. The first-order valence-corrected chi connectivity index (χ1v) is 14.4. The number of benzene rings is 1. The number of amides is 1. The van der Waals surface area contributed by atoms with E-state index in [1.807, 2.05) is 48.5 Å². The average molecular weight is 556 g/mol. The van der Waals surface area contributed by atoms with Gasteiger partial charge in [0.1, 0.15) is 5.60 Å². The van der Waals surface area contributed by atoms with Gasteiger partial charge in [-0.05, 0) is 92.2 Å². The number of ether oxygens (including phenoxy) is 2. The van der Waals surface area contributed by atoms with E-state index < -0.39 is 29.9 Å². The van der Waals surface area contributed by atoms with Crippen molar-refractivity contribution in [2.24, 2.45) is 5.92 Å². The standard InChI is InChI=1S/C30H42BFN2O6/c1-28(2,3)38-27(36)33-13-9-10-19(17-33)24-23(32)21-14-20(26(35)37-8)15-22(25(21)34(24)16-18-11-12-18)31-39-29(4,5)30(6,7)40-31/h14-15,18-19H,9-13,16-17H2,1-8H3. The van der Waals surface area contributed by atoms with Crippen molar-refractivity contribution in [3.05, 3.63) is 29.2 Å². The Morgan fingerprint density at radius 1 is 1.10 bits per heavy atom. The van der Waals surface area contributed by atoms with Gasteiger partial charge in [0, 0.05) is 36.4 Å². The van der Waals surface area contributed by atoms with E-state index in [9.17, 15) is 9.59 Å². The minimum absolute atomic E-state index is 0.222. The molecule has 10 heteroatoms. The molecule has 1 aromatic heterocycles. The largest absolute Gasteiger partial charge is 0.497 e. The molecule has 5 rings (SSSR count). The van der Waals surface area contributed by atoms with E-state index in [-0.39, 0.29) is 23.4 Å². The molecule has 1 atom stereocenters. The quantitative estimate of drug-likeness (QED) is 0.363. The van der Waals surface area contributed by atoms with Crippen molar-refractivity contribution in [1.82, 2.24) is 9.47 Å². The molecule has 3 fully saturated rings. The molecule has 0 N–H and O–H groups in total. The van der Waals surface area contributed by atoms with Crippen LogP contribution in [-0.2, 0) is 25.3 Å².